The lowest BCUT2D eigenvalue weighted by Gasteiger charge is -2.12. The summed E-state index contributed by atoms with van der Waals surface area (Å²) in [4.78, 5) is 36.2. The average molecular weight is 426 g/mol. The topological polar surface area (TPSA) is 109 Å². The third-order valence-corrected chi connectivity index (χ3v) is 4.49. The number of hydrazine groups is 1. The Labute approximate surface area is 179 Å². The molecule has 0 spiro atoms. The fraction of sp³-hybridized carbons (Fsp3) is 0.238. The second-order valence-corrected chi connectivity index (χ2v) is 7.07. The fourth-order valence-electron chi connectivity index (χ4n) is 2.58. The summed E-state index contributed by atoms with van der Waals surface area (Å²) in [5.41, 5.74) is 6.28. The van der Waals surface area contributed by atoms with E-state index in [1.54, 1.807) is 48.5 Å². The maximum Gasteiger partial charge on any atom is 0.269 e. The van der Waals surface area contributed by atoms with Gasteiger partial charge in [-0.15, -0.1) is 0 Å². The number of ether oxygens (including phenoxy) is 1. The van der Waals surface area contributed by atoms with E-state index in [-0.39, 0.29) is 16.9 Å². The number of rotatable bonds is 6. The van der Waals surface area contributed by atoms with E-state index in [0.717, 1.165) is 12.8 Å². The van der Waals surface area contributed by atoms with Crippen LogP contribution >= 0.6 is 12.2 Å². The highest BCUT2D eigenvalue weighted by Crippen LogP contribution is 2.30. The number of carbonyl (C=O) groups is 3. The van der Waals surface area contributed by atoms with Crippen LogP contribution in [0.5, 0.6) is 5.75 Å². The Kier molecular flexibility index (Phi) is 6.97. The molecule has 0 saturated heterocycles. The van der Waals surface area contributed by atoms with Gasteiger partial charge >= 0.3 is 0 Å². The summed E-state index contributed by atoms with van der Waals surface area (Å²) < 4.78 is 5.37. The highest BCUT2D eigenvalue weighted by molar-refractivity contribution is 7.80. The molecule has 1 aliphatic rings. The SMILES string of the molecule is CCOc1cccc(C(=O)NC(=S)NNC(=O)c2ccc(NC(=O)C3CC3)cc2)c1. The summed E-state index contributed by atoms with van der Waals surface area (Å²) in [6, 6.07) is 13.2. The molecule has 3 amide bonds. The largest absolute Gasteiger partial charge is 0.494 e. The van der Waals surface area contributed by atoms with E-state index in [1.165, 1.54) is 0 Å². The zero-order valence-corrected chi connectivity index (χ0v) is 17.2. The second kappa shape index (κ2) is 9.84. The van der Waals surface area contributed by atoms with Gasteiger partial charge in [-0.05, 0) is 74.4 Å². The normalized spacial score (nSPS) is 12.4. The number of carbonyl (C=O) groups excluding carboxylic acids is 3. The Morgan fingerprint density at radius 3 is 2.40 bits per heavy atom. The first-order valence-electron chi connectivity index (χ1n) is 9.51. The van der Waals surface area contributed by atoms with E-state index in [2.05, 4.69) is 21.5 Å². The average Bonchev–Trinajstić information content (AvgIpc) is 3.58. The monoisotopic (exact) mass is 426 g/mol. The maximum atomic E-state index is 12.3. The Balaban J connectivity index is 1.46. The third kappa shape index (κ3) is 6.02. The molecule has 2 aromatic carbocycles. The van der Waals surface area contributed by atoms with Gasteiger partial charge in [0.15, 0.2) is 5.11 Å². The quantitative estimate of drug-likeness (QED) is 0.417. The summed E-state index contributed by atoms with van der Waals surface area (Å²) >= 11 is 5.04. The number of anilines is 1. The Morgan fingerprint density at radius 2 is 1.73 bits per heavy atom. The Hall–Kier alpha value is -3.46. The van der Waals surface area contributed by atoms with Crippen LogP contribution in [-0.4, -0.2) is 29.4 Å². The van der Waals surface area contributed by atoms with Crippen molar-refractivity contribution in [2.24, 2.45) is 5.92 Å². The molecule has 1 aliphatic carbocycles. The van der Waals surface area contributed by atoms with E-state index in [9.17, 15) is 14.4 Å². The van der Waals surface area contributed by atoms with E-state index in [1.807, 2.05) is 6.92 Å². The minimum absolute atomic E-state index is 0.00162. The van der Waals surface area contributed by atoms with E-state index in [0.29, 0.717) is 29.2 Å². The zero-order valence-electron chi connectivity index (χ0n) is 16.4. The van der Waals surface area contributed by atoms with Crippen molar-refractivity contribution in [1.82, 2.24) is 16.2 Å². The molecule has 0 aromatic heterocycles. The standard InChI is InChI=1S/C21H22N4O4S/c1-2-29-17-5-3-4-15(12-17)19(27)23-21(30)25-24-20(28)14-8-10-16(11-9-14)22-18(26)13-6-7-13/h3-5,8-13H,2,6-7H2,1H3,(H,22,26)(H,24,28)(H2,23,25,27,30). The molecule has 1 fully saturated rings. The van der Waals surface area contributed by atoms with Crippen LogP contribution in [0.15, 0.2) is 48.5 Å². The molecule has 3 rings (SSSR count). The van der Waals surface area contributed by atoms with Crippen LogP contribution in [0.25, 0.3) is 0 Å². The van der Waals surface area contributed by atoms with Crippen molar-refractivity contribution in [3.63, 3.8) is 0 Å². The van der Waals surface area contributed by atoms with Gasteiger partial charge < -0.3 is 10.1 Å². The highest BCUT2D eigenvalue weighted by atomic mass is 32.1. The fourth-order valence-corrected chi connectivity index (χ4v) is 2.72. The molecule has 2 aromatic rings. The number of hydrogen-bond donors (Lipinski definition) is 4. The molecule has 9 heteroatoms. The van der Waals surface area contributed by atoms with Gasteiger partial charge in [0.05, 0.1) is 6.61 Å². The first kappa shape index (κ1) is 21.3. The molecule has 156 valence electrons. The molecule has 1 saturated carbocycles. The highest BCUT2D eigenvalue weighted by Gasteiger charge is 2.29. The lowest BCUT2D eigenvalue weighted by atomic mass is 10.2. The van der Waals surface area contributed by atoms with Crippen molar-refractivity contribution >= 4 is 40.7 Å². The van der Waals surface area contributed by atoms with Gasteiger partial charge in [-0.1, -0.05) is 6.07 Å². The zero-order chi connectivity index (χ0) is 21.5. The molecule has 0 aliphatic heterocycles. The third-order valence-electron chi connectivity index (χ3n) is 4.29. The van der Waals surface area contributed by atoms with Gasteiger partial charge in [0, 0.05) is 22.7 Å². The van der Waals surface area contributed by atoms with Crippen molar-refractivity contribution < 1.29 is 19.1 Å². The van der Waals surface area contributed by atoms with E-state index < -0.39 is 11.8 Å². The van der Waals surface area contributed by atoms with Crippen LogP contribution < -0.4 is 26.2 Å². The van der Waals surface area contributed by atoms with E-state index >= 15 is 0 Å². The molecule has 8 nitrogen and oxygen atoms in total. The maximum absolute atomic E-state index is 12.3. The van der Waals surface area contributed by atoms with Gasteiger partial charge in [-0.2, -0.15) is 0 Å². The van der Waals surface area contributed by atoms with Crippen molar-refractivity contribution in [1.29, 1.82) is 0 Å². The van der Waals surface area contributed by atoms with Crippen LogP contribution in [0.4, 0.5) is 5.69 Å². The predicted octanol–water partition coefficient (Wildman–Crippen LogP) is 2.38. The Morgan fingerprint density at radius 1 is 1.00 bits per heavy atom. The molecule has 0 unspecified atom stereocenters. The van der Waals surface area contributed by atoms with Gasteiger partial charge in [-0.25, -0.2) is 0 Å². The van der Waals surface area contributed by atoms with E-state index in [4.69, 9.17) is 17.0 Å². The number of thiocarbonyl (C=S) groups is 1. The van der Waals surface area contributed by atoms with Gasteiger partial charge in [-0.3, -0.25) is 30.6 Å². The smallest absolute Gasteiger partial charge is 0.269 e. The minimum atomic E-state index is -0.440. The summed E-state index contributed by atoms with van der Waals surface area (Å²) in [5, 5.41) is 5.24. The minimum Gasteiger partial charge on any atom is -0.494 e. The molecular weight excluding hydrogens is 404 g/mol. The van der Waals surface area contributed by atoms with Crippen LogP contribution in [-0.2, 0) is 4.79 Å². The number of amides is 3. The van der Waals surface area contributed by atoms with Crippen molar-refractivity contribution in [2.45, 2.75) is 19.8 Å². The first-order chi connectivity index (χ1) is 14.5. The molecule has 0 heterocycles. The summed E-state index contributed by atoms with van der Waals surface area (Å²) in [6.45, 7) is 2.34. The van der Waals surface area contributed by atoms with Crippen LogP contribution in [0, 0.1) is 5.92 Å². The molecular formula is C21H22N4O4S. The predicted molar refractivity (Wildman–Crippen MR) is 116 cm³/mol. The number of benzene rings is 2. The summed E-state index contributed by atoms with van der Waals surface area (Å²) in [6.07, 6.45) is 1.85. The molecule has 0 radical (unpaired) electrons. The molecule has 0 bridgehead atoms. The first-order valence-corrected chi connectivity index (χ1v) is 9.92. The Bertz CT molecular complexity index is 958. The van der Waals surface area contributed by atoms with Gasteiger partial charge in [0.25, 0.3) is 11.8 Å². The molecule has 30 heavy (non-hydrogen) atoms. The van der Waals surface area contributed by atoms with Crippen molar-refractivity contribution in [3.05, 3.63) is 59.7 Å². The summed E-state index contributed by atoms with van der Waals surface area (Å²) in [7, 11) is 0. The van der Waals surface area contributed by atoms with Crippen molar-refractivity contribution in [3.8, 4) is 5.75 Å². The summed E-state index contributed by atoms with van der Waals surface area (Å²) in [5.74, 6) is -0.185. The van der Waals surface area contributed by atoms with Gasteiger partial charge in [0.1, 0.15) is 5.75 Å². The van der Waals surface area contributed by atoms with Crippen LogP contribution in [0.1, 0.15) is 40.5 Å². The van der Waals surface area contributed by atoms with Crippen LogP contribution in [0.3, 0.4) is 0 Å². The van der Waals surface area contributed by atoms with Crippen LogP contribution in [0.2, 0.25) is 0 Å². The number of nitrogens with one attached hydrogen (secondary N) is 4. The molecule has 0 atom stereocenters. The molecule has 4 N–H and O–H groups in total. The van der Waals surface area contributed by atoms with Gasteiger partial charge in [0.2, 0.25) is 5.91 Å². The lowest BCUT2D eigenvalue weighted by Crippen LogP contribution is -2.48. The lowest BCUT2D eigenvalue weighted by molar-refractivity contribution is -0.117. The number of hydrogen-bond acceptors (Lipinski definition) is 5. The second-order valence-electron chi connectivity index (χ2n) is 6.66. The van der Waals surface area contributed by atoms with Crippen molar-refractivity contribution in [2.75, 3.05) is 11.9 Å².